The summed E-state index contributed by atoms with van der Waals surface area (Å²) in [4.78, 5) is 11.1. The summed E-state index contributed by atoms with van der Waals surface area (Å²) in [7, 11) is 3.20. The molecule has 1 aliphatic carbocycles. The molecular formula is C12H13BrO3. The van der Waals surface area contributed by atoms with Crippen molar-refractivity contribution in [2.45, 2.75) is 18.3 Å². The fraction of sp³-hybridized carbons (Fsp3) is 0.417. The first kappa shape index (κ1) is 11.5. The van der Waals surface area contributed by atoms with Gasteiger partial charge in [-0.3, -0.25) is 0 Å². The maximum Gasteiger partial charge on any atom is 0.137 e. The average Bonchev–Trinajstić information content (AvgIpc) is 3.10. The van der Waals surface area contributed by atoms with Crippen LogP contribution >= 0.6 is 15.9 Å². The molecule has 0 spiro atoms. The van der Waals surface area contributed by atoms with E-state index in [0.717, 1.165) is 29.2 Å². The molecule has 1 saturated carbocycles. The Balaban J connectivity index is 2.51. The minimum Gasteiger partial charge on any atom is -0.495 e. The summed E-state index contributed by atoms with van der Waals surface area (Å²) in [5, 5.41) is 0. The van der Waals surface area contributed by atoms with Crippen molar-refractivity contribution in [3.8, 4) is 11.5 Å². The summed E-state index contributed by atoms with van der Waals surface area (Å²) in [5.74, 6) is 1.39. The van der Waals surface area contributed by atoms with Gasteiger partial charge in [0.05, 0.1) is 19.6 Å². The van der Waals surface area contributed by atoms with Gasteiger partial charge in [-0.25, -0.2) is 0 Å². The third-order valence-electron chi connectivity index (χ3n) is 3.03. The first-order chi connectivity index (χ1) is 7.66. The van der Waals surface area contributed by atoms with Crippen LogP contribution < -0.4 is 9.47 Å². The smallest absolute Gasteiger partial charge is 0.137 e. The van der Waals surface area contributed by atoms with Gasteiger partial charge < -0.3 is 14.3 Å². The van der Waals surface area contributed by atoms with Crippen molar-refractivity contribution in [3.63, 3.8) is 0 Å². The number of carbonyl (C=O) groups excluding carboxylic acids is 1. The van der Waals surface area contributed by atoms with Gasteiger partial charge in [-0.2, -0.15) is 0 Å². The minimum absolute atomic E-state index is 0.304. The lowest BCUT2D eigenvalue weighted by molar-refractivity contribution is -0.109. The van der Waals surface area contributed by atoms with Gasteiger partial charge in [0.15, 0.2) is 0 Å². The van der Waals surface area contributed by atoms with E-state index in [1.165, 1.54) is 0 Å². The Morgan fingerprint density at radius 1 is 1.25 bits per heavy atom. The van der Waals surface area contributed by atoms with Gasteiger partial charge in [0, 0.05) is 0 Å². The fourth-order valence-corrected chi connectivity index (χ4v) is 2.32. The lowest BCUT2D eigenvalue weighted by Gasteiger charge is -2.14. The van der Waals surface area contributed by atoms with Gasteiger partial charge in [-0.05, 0) is 46.5 Å². The summed E-state index contributed by atoms with van der Waals surface area (Å²) in [5.41, 5.74) is 0.667. The normalized spacial score (nSPS) is 16.7. The predicted octanol–water partition coefficient (Wildman–Crippen LogP) is 2.70. The molecule has 0 aromatic heterocycles. The van der Waals surface area contributed by atoms with Crippen LogP contribution in [0.1, 0.15) is 18.4 Å². The van der Waals surface area contributed by atoms with Gasteiger partial charge in [0.2, 0.25) is 0 Å². The second kappa shape index (κ2) is 4.09. The summed E-state index contributed by atoms with van der Waals surface area (Å²) in [6.45, 7) is 0. The molecule has 2 rings (SSSR count). The van der Waals surface area contributed by atoms with Gasteiger partial charge in [0.25, 0.3) is 0 Å². The van der Waals surface area contributed by atoms with Crippen LogP contribution in [0.15, 0.2) is 16.6 Å². The summed E-state index contributed by atoms with van der Waals surface area (Å²) in [6.07, 6.45) is 2.84. The van der Waals surface area contributed by atoms with Crippen molar-refractivity contribution in [3.05, 3.63) is 22.2 Å². The lowest BCUT2D eigenvalue weighted by atomic mass is 9.97. The van der Waals surface area contributed by atoms with E-state index in [0.29, 0.717) is 11.5 Å². The van der Waals surface area contributed by atoms with E-state index < -0.39 is 0 Å². The van der Waals surface area contributed by atoms with Crippen molar-refractivity contribution in [2.24, 2.45) is 0 Å². The van der Waals surface area contributed by atoms with Crippen LogP contribution in [0.2, 0.25) is 0 Å². The van der Waals surface area contributed by atoms with E-state index in [1.54, 1.807) is 14.2 Å². The second-order valence-electron chi connectivity index (χ2n) is 3.97. The van der Waals surface area contributed by atoms with Gasteiger partial charge >= 0.3 is 0 Å². The van der Waals surface area contributed by atoms with Crippen molar-refractivity contribution in [1.82, 2.24) is 0 Å². The third-order valence-corrected chi connectivity index (χ3v) is 3.82. The van der Waals surface area contributed by atoms with Crippen LogP contribution in [-0.4, -0.2) is 20.5 Å². The van der Waals surface area contributed by atoms with Crippen molar-refractivity contribution < 1.29 is 14.3 Å². The van der Waals surface area contributed by atoms with Crippen LogP contribution in [0.25, 0.3) is 0 Å². The Kier molecular flexibility index (Phi) is 2.93. The zero-order valence-electron chi connectivity index (χ0n) is 9.25. The number of carbonyl (C=O) groups is 1. The molecule has 0 unspecified atom stereocenters. The second-order valence-corrected chi connectivity index (χ2v) is 4.76. The van der Waals surface area contributed by atoms with E-state index in [2.05, 4.69) is 15.9 Å². The third kappa shape index (κ3) is 1.71. The summed E-state index contributed by atoms with van der Waals surface area (Å²) < 4.78 is 11.3. The fourth-order valence-electron chi connectivity index (χ4n) is 1.77. The Hall–Kier alpha value is -1.03. The number of aldehydes is 1. The molecular weight excluding hydrogens is 272 g/mol. The molecule has 1 aromatic carbocycles. The number of halogens is 1. The highest BCUT2D eigenvalue weighted by Gasteiger charge is 2.45. The summed E-state index contributed by atoms with van der Waals surface area (Å²) in [6, 6.07) is 3.79. The molecule has 0 radical (unpaired) electrons. The molecule has 16 heavy (non-hydrogen) atoms. The maximum atomic E-state index is 11.1. The molecule has 0 aliphatic heterocycles. The van der Waals surface area contributed by atoms with Gasteiger partial charge in [-0.1, -0.05) is 0 Å². The number of hydrogen-bond donors (Lipinski definition) is 0. The molecule has 1 aliphatic rings. The molecule has 0 amide bonds. The molecule has 4 heteroatoms. The average molecular weight is 285 g/mol. The Bertz CT molecular complexity index is 399. The van der Waals surface area contributed by atoms with E-state index in [4.69, 9.17) is 9.47 Å². The van der Waals surface area contributed by atoms with Gasteiger partial charge in [0.1, 0.15) is 22.3 Å². The van der Waals surface area contributed by atoms with E-state index >= 15 is 0 Å². The van der Waals surface area contributed by atoms with Crippen LogP contribution in [0.4, 0.5) is 0 Å². The number of benzene rings is 1. The Morgan fingerprint density at radius 2 is 1.75 bits per heavy atom. The number of hydrogen-bond acceptors (Lipinski definition) is 3. The predicted molar refractivity (Wildman–Crippen MR) is 64.2 cm³/mol. The quantitative estimate of drug-likeness (QED) is 0.798. The van der Waals surface area contributed by atoms with Crippen LogP contribution in [0.3, 0.4) is 0 Å². The first-order valence-corrected chi connectivity index (χ1v) is 5.84. The number of rotatable bonds is 4. The van der Waals surface area contributed by atoms with Crippen LogP contribution in [0, 0.1) is 0 Å². The highest BCUT2D eigenvalue weighted by Crippen LogP contribution is 2.49. The van der Waals surface area contributed by atoms with Crippen molar-refractivity contribution in [1.29, 1.82) is 0 Å². The molecule has 0 saturated heterocycles. The highest BCUT2D eigenvalue weighted by atomic mass is 79.9. The van der Waals surface area contributed by atoms with E-state index in [1.807, 2.05) is 12.1 Å². The van der Waals surface area contributed by atoms with E-state index in [-0.39, 0.29) is 5.41 Å². The molecule has 0 atom stereocenters. The molecule has 1 aromatic rings. The van der Waals surface area contributed by atoms with E-state index in [9.17, 15) is 4.79 Å². The number of ether oxygens (including phenoxy) is 2. The maximum absolute atomic E-state index is 11.1. The molecule has 0 N–H and O–H groups in total. The highest BCUT2D eigenvalue weighted by molar-refractivity contribution is 9.10. The van der Waals surface area contributed by atoms with Crippen LogP contribution in [-0.2, 0) is 10.2 Å². The standard InChI is InChI=1S/C12H13BrO3/c1-15-9-5-8(12(7-14)3-4-12)6-10(16-2)11(9)13/h5-7H,3-4H2,1-2H3. The SMILES string of the molecule is COc1cc(C2(C=O)CC2)cc(OC)c1Br. The topological polar surface area (TPSA) is 35.5 Å². The summed E-state index contributed by atoms with van der Waals surface area (Å²) >= 11 is 3.41. The monoisotopic (exact) mass is 284 g/mol. The van der Waals surface area contributed by atoms with Gasteiger partial charge in [-0.15, -0.1) is 0 Å². The molecule has 3 nitrogen and oxygen atoms in total. The largest absolute Gasteiger partial charge is 0.495 e. The molecule has 1 fully saturated rings. The van der Waals surface area contributed by atoms with Crippen molar-refractivity contribution in [2.75, 3.05) is 14.2 Å². The lowest BCUT2D eigenvalue weighted by Crippen LogP contribution is -2.08. The molecule has 0 heterocycles. The number of methoxy groups -OCH3 is 2. The van der Waals surface area contributed by atoms with Crippen molar-refractivity contribution >= 4 is 22.2 Å². The molecule has 86 valence electrons. The Morgan fingerprint density at radius 3 is 2.06 bits per heavy atom. The van der Waals surface area contributed by atoms with Crippen LogP contribution in [0.5, 0.6) is 11.5 Å². The minimum atomic E-state index is -0.304. The zero-order valence-corrected chi connectivity index (χ0v) is 10.8. The Labute approximate surface area is 103 Å². The molecule has 0 bridgehead atoms. The first-order valence-electron chi connectivity index (χ1n) is 5.05. The zero-order chi connectivity index (χ0) is 11.8.